The van der Waals surface area contributed by atoms with Gasteiger partial charge in [-0.15, -0.1) is 0 Å². The highest BCUT2D eigenvalue weighted by Crippen LogP contribution is 2.37. The van der Waals surface area contributed by atoms with Gasteiger partial charge < -0.3 is 14.6 Å². The Morgan fingerprint density at radius 3 is 2.78 bits per heavy atom. The Balaban J connectivity index is 1.32. The van der Waals surface area contributed by atoms with Crippen LogP contribution >= 0.6 is 0 Å². The van der Waals surface area contributed by atoms with Gasteiger partial charge in [-0.25, -0.2) is 0 Å². The molecule has 1 aromatic carbocycles. The lowest BCUT2D eigenvalue weighted by molar-refractivity contribution is -0.133. The first-order valence-corrected chi connectivity index (χ1v) is 8.70. The normalized spacial score (nSPS) is 20.4. The summed E-state index contributed by atoms with van der Waals surface area (Å²) in [6.45, 7) is 4.11. The van der Waals surface area contributed by atoms with Crippen LogP contribution in [0.3, 0.4) is 0 Å². The minimum atomic E-state index is 0.270. The molecule has 23 heavy (non-hydrogen) atoms. The van der Waals surface area contributed by atoms with Gasteiger partial charge in [-0.3, -0.25) is 4.79 Å². The summed E-state index contributed by atoms with van der Waals surface area (Å²) in [5.74, 6) is 1.18. The quantitative estimate of drug-likeness (QED) is 0.948. The first-order chi connectivity index (χ1) is 11.2. The summed E-state index contributed by atoms with van der Waals surface area (Å²) in [6, 6.07) is 10.1. The Kier molecular flexibility index (Phi) is 3.85. The van der Waals surface area contributed by atoms with Gasteiger partial charge >= 0.3 is 0 Å². The molecule has 122 valence electrons. The molecule has 4 rings (SSSR count). The van der Waals surface area contributed by atoms with E-state index < -0.39 is 0 Å². The molecule has 0 atom stereocenters. The molecular formula is C19H24N2O2. The molecule has 0 bridgehead atoms. The van der Waals surface area contributed by atoms with E-state index in [0.29, 0.717) is 18.3 Å². The summed E-state index contributed by atoms with van der Waals surface area (Å²) >= 11 is 0. The molecule has 4 heteroatoms. The van der Waals surface area contributed by atoms with Crippen LogP contribution in [0.5, 0.6) is 0 Å². The number of benzene rings is 1. The number of piperidine rings is 1. The Hall–Kier alpha value is -1.81. The first kappa shape index (κ1) is 14.8. The van der Waals surface area contributed by atoms with Crippen LogP contribution in [0, 0.1) is 5.41 Å². The minimum absolute atomic E-state index is 0.270. The molecular weight excluding hydrogens is 288 g/mol. The molecule has 1 amide bonds. The van der Waals surface area contributed by atoms with Gasteiger partial charge in [-0.2, -0.15) is 0 Å². The highest BCUT2D eigenvalue weighted by molar-refractivity contribution is 5.79. The SMILES string of the molecule is O=C(CCc1cc2ccccc2o1)N1CCC2(CCNC2)CC1. The number of furan rings is 1. The number of nitrogens with one attached hydrogen (secondary N) is 1. The number of carbonyl (C=O) groups excluding carboxylic acids is 1. The Morgan fingerprint density at radius 2 is 2.04 bits per heavy atom. The summed E-state index contributed by atoms with van der Waals surface area (Å²) in [6.07, 6.45) is 4.81. The van der Waals surface area contributed by atoms with Crippen molar-refractivity contribution in [3.8, 4) is 0 Å². The van der Waals surface area contributed by atoms with Gasteiger partial charge in [0.25, 0.3) is 0 Å². The fraction of sp³-hybridized carbons (Fsp3) is 0.526. The summed E-state index contributed by atoms with van der Waals surface area (Å²) in [4.78, 5) is 14.5. The van der Waals surface area contributed by atoms with Crippen molar-refractivity contribution in [2.75, 3.05) is 26.2 Å². The van der Waals surface area contributed by atoms with Crippen LogP contribution in [0.4, 0.5) is 0 Å². The van der Waals surface area contributed by atoms with E-state index in [0.717, 1.165) is 55.8 Å². The van der Waals surface area contributed by atoms with E-state index in [2.05, 4.69) is 11.4 Å². The van der Waals surface area contributed by atoms with Gasteiger partial charge in [-0.05, 0) is 43.4 Å². The molecule has 0 unspecified atom stereocenters. The maximum absolute atomic E-state index is 12.5. The number of amides is 1. The van der Waals surface area contributed by atoms with E-state index in [1.54, 1.807) is 0 Å². The monoisotopic (exact) mass is 312 g/mol. The highest BCUT2D eigenvalue weighted by atomic mass is 16.3. The standard InChI is InChI=1S/C19H24N2O2/c22-18(21-11-8-19(9-12-21)7-10-20-14-19)6-5-16-13-15-3-1-2-4-17(15)23-16/h1-4,13,20H,5-12,14H2. The zero-order chi connectivity index (χ0) is 15.7. The lowest BCUT2D eigenvalue weighted by atomic mass is 9.78. The summed E-state index contributed by atoms with van der Waals surface area (Å²) in [5.41, 5.74) is 1.37. The molecule has 0 radical (unpaired) electrons. The number of hydrogen-bond acceptors (Lipinski definition) is 3. The van der Waals surface area contributed by atoms with Gasteiger partial charge in [-0.1, -0.05) is 18.2 Å². The number of aryl methyl sites for hydroxylation is 1. The van der Waals surface area contributed by atoms with Gasteiger partial charge in [0.05, 0.1) is 0 Å². The number of rotatable bonds is 3. The molecule has 0 aliphatic carbocycles. The fourth-order valence-electron chi connectivity index (χ4n) is 4.00. The average Bonchev–Trinajstić information content (AvgIpc) is 3.20. The molecule has 1 N–H and O–H groups in total. The number of para-hydroxylation sites is 1. The van der Waals surface area contributed by atoms with E-state index in [-0.39, 0.29) is 5.91 Å². The maximum Gasteiger partial charge on any atom is 0.223 e. The van der Waals surface area contributed by atoms with Crippen molar-refractivity contribution >= 4 is 16.9 Å². The van der Waals surface area contributed by atoms with Gasteiger partial charge in [0.1, 0.15) is 11.3 Å². The number of hydrogen-bond donors (Lipinski definition) is 1. The largest absolute Gasteiger partial charge is 0.461 e. The van der Waals surface area contributed by atoms with Gasteiger partial charge in [0.15, 0.2) is 0 Å². The molecule has 2 aliphatic heterocycles. The third-order valence-corrected chi connectivity index (χ3v) is 5.57. The third-order valence-electron chi connectivity index (χ3n) is 5.57. The van der Waals surface area contributed by atoms with Crippen LogP contribution in [0.15, 0.2) is 34.7 Å². The average molecular weight is 312 g/mol. The second-order valence-electron chi connectivity index (χ2n) is 7.06. The number of carbonyl (C=O) groups is 1. The van der Waals surface area contributed by atoms with Gasteiger partial charge in [0.2, 0.25) is 5.91 Å². The molecule has 2 fully saturated rings. The Labute approximate surface area is 136 Å². The summed E-state index contributed by atoms with van der Waals surface area (Å²) < 4.78 is 5.80. The molecule has 2 aliphatic rings. The topological polar surface area (TPSA) is 45.5 Å². The fourth-order valence-corrected chi connectivity index (χ4v) is 4.00. The van der Waals surface area contributed by atoms with Crippen molar-refractivity contribution in [3.05, 3.63) is 36.1 Å². The Morgan fingerprint density at radius 1 is 1.22 bits per heavy atom. The van der Waals surface area contributed by atoms with Crippen molar-refractivity contribution in [2.45, 2.75) is 32.1 Å². The second-order valence-corrected chi connectivity index (χ2v) is 7.06. The van der Waals surface area contributed by atoms with Gasteiger partial charge in [0, 0.05) is 37.9 Å². The van der Waals surface area contributed by atoms with E-state index in [4.69, 9.17) is 4.42 Å². The number of fused-ring (bicyclic) bond motifs is 1. The van der Waals surface area contributed by atoms with Crippen LogP contribution in [0.25, 0.3) is 11.0 Å². The lowest BCUT2D eigenvalue weighted by Crippen LogP contribution is -2.44. The molecule has 3 heterocycles. The van der Waals surface area contributed by atoms with Crippen molar-refractivity contribution in [3.63, 3.8) is 0 Å². The zero-order valence-electron chi connectivity index (χ0n) is 13.5. The van der Waals surface area contributed by atoms with Crippen LogP contribution in [-0.2, 0) is 11.2 Å². The van der Waals surface area contributed by atoms with Crippen molar-refractivity contribution < 1.29 is 9.21 Å². The molecule has 2 aromatic rings. The molecule has 2 saturated heterocycles. The van der Waals surface area contributed by atoms with Crippen LogP contribution in [-0.4, -0.2) is 37.0 Å². The van der Waals surface area contributed by atoms with Crippen molar-refractivity contribution in [1.82, 2.24) is 10.2 Å². The predicted molar refractivity (Wildman–Crippen MR) is 90.3 cm³/mol. The van der Waals surface area contributed by atoms with E-state index in [1.807, 2.05) is 29.2 Å². The second kappa shape index (κ2) is 6.00. The van der Waals surface area contributed by atoms with Crippen molar-refractivity contribution in [1.29, 1.82) is 0 Å². The molecule has 4 nitrogen and oxygen atoms in total. The minimum Gasteiger partial charge on any atom is -0.461 e. The van der Waals surface area contributed by atoms with Crippen LogP contribution < -0.4 is 5.32 Å². The van der Waals surface area contributed by atoms with Crippen LogP contribution in [0.1, 0.15) is 31.4 Å². The highest BCUT2D eigenvalue weighted by Gasteiger charge is 2.37. The molecule has 0 saturated carbocycles. The van der Waals surface area contributed by atoms with E-state index in [1.165, 1.54) is 6.42 Å². The smallest absolute Gasteiger partial charge is 0.223 e. The van der Waals surface area contributed by atoms with Crippen molar-refractivity contribution in [2.24, 2.45) is 5.41 Å². The summed E-state index contributed by atoms with van der Waals surface area (Å²) in [5, 5.41) is 4.58. The number of likely N-dealkylation sites (tertiary alicyclic amines) is 1. The maximum atomic E-state index is 12.5. The lowest BCUT2D eigenvalue weighted by Gasteiger charge is -2.38. The van der Waals surface area contributed by atoms with Crippen LogP contribution in [0.2, 0.25) is 0 Å². The zero-order valence-corrected chi connectivity index (χ0v) is 13.5. The predicted octanol–water partition coefficient (Wildman–Crippen LogP) is 2.97. The molecule has 1 aromatic heterocycles. The van der Waals surface area contributed by atoms with E-state index in [9.17, 15) is 4.79 Å². The molecule has 1 spiro atoms. The number of nitrogens with zero attached hydrogens (tertiary/aromatic N) is 1. The first-order valence-electron chi connectivity index (χ1n) is 8.70. The summed E-state index contributed by atoms with van der Waals surface area (Å²) in [7, 11) is 0. The van der Waals surface area contributed by atoms with E-state index >= 15 is 0 Å². The Bertz CT molecular complexity index is 657. The third kappa shape index (κ3) is 3.00.